The minimum atomic E-state index is -4.29. The lowest BCUT2D eigenvalue weighted by Gasteiger charge is -2.22. The lowest BCUT2D eigenvalue weighted by molar-refractivity contribution is -0.136. The molecule has 4 rings (SSSR count). The molecule has 5 nitrogen and oxygen atoms in total. The van der Waals surface area contributed by atoms with Crippen LogP contribution in [0.3, 0.4) is 0 Å². The van der Waals surface area contributed by atoms with E-state index in [0.717, 1.165) is 29.4 Å². The van der Waals surface area contributed by atoms with Gasteiger partial charge in [-0.1, -0.05) is 0 Å². The van der Waals surface area contributed by atoms with E-state index in [9.17, 15) is 18.0 Å². The highest BCUT2D eigenvalue weighted by Gasteiger charge is 2.33. The van der Waals surface area contributed by atoms with Crippen molar-refractivity contribution in [3.63, 3.8) is 0 Å². The maximum Gasteiger partial charge on any atom is 0.390 e. The van der Waals surface area contributed by atoms with E-state index in [1.807, 2.05) is 12.1 Å². The number of carbonyl (C=O) groups is 1. The number of pyridine rings is 1. The number of fused-ring (bicyclic) bond motifs is 1. The predicted molar refractivity (Wildman–Crippen MR) is 96.5 cm³/mol. The normalized spacial score (nSPS) is 14.6. The molecule has 1 saturated carbocycles. The van der Waals surface area contributed by atoms with Crippen molar-refractivity contribution in [2.75, 3.05) is 13.1 Å². The van der Waals surface area contributed by atoms with Crippen LogP contribution in [0.25, 0.3) is 21.6 Å². The number of rotatable bonds is 6. The van der Waals surface area contributed by atoms with E-state index in [1.54, 1.807) is 17.8 Å². The van der Waals surface area contributed by atoms with Gasteiger partial charge in [0.15, 0.2) is 0 Å². The first-order chi connectivity index (χ1) is 12.9. The van der Waals surface area contributed by atoms with Crippen LogP contribution in [-0.4, -0.2) is 45.0 Å². The van der Waals surface area contributed by atoms with Gasteiger partial charge in [-0.15, -0.1) is 11.3 Å². The van der Waals surface area contributed by atoms with Gasteiger partial charge in [0.25, 0.3) is 5.91 Å². The Balaban J connectivity index is 1.56. The molecule has 1 aliphatic rings. The number of carbonyl (C=O) groups excluding carboxylic acids is 1. The molecule has 0 atom stereocenters. The van der Waals surface area contributed by atoms with Gasteiger partial charge in [0.1, 0.15) is 16.3 Å². The van der Waals surface area contributed by atoms with Gasteiger partial charge < -0.3 is 9.88 Å². The zero-order valence-corrected chi connectivity index (χ0v) is 15.1. The summed E-state index contributed by atoms with van der Waals surface area (Å²) in [6.45, 7) is 0.0299. The number of aromatic nitrogens is 3. The Morgan fingerprint density at radius 1 is 1.33 bits per heavy atom. The molecular formula is C18H17F3N4OS. The van der Waals surface area contributed by atoms with Gasteiger partial charge in [-0.25, -0.2) is 9.97 Å². The average Bonchev–Trinajstić information content (AvgIpc) is 3.11. The fraction of sp³-hybridized carbons (Fsp3) is 0.389. The molecule has 0 aromatic carbocycles. The van der Waals surface area contributed by atoms with Crippen LogP contribution in [0.4, 0.5) is 13.2 Å². The van der Waals surface area contributed by atoms with Gasteiger partial charge in [-0.05, 0) is 30.9 Å². The lowest BCUT2D eigenvalue weighted by Crippen LogP contribution is -2.36. The first-order valence-corrected chi connectivity index (χ1v) is 9.53. The van der Waals surface area contributed by atoms with Crippen molar-refractivity contribution in [1.82, 2.24) is 19.9 Å². The Labute approximate surface area is 157 Å². The molecule has 0 saturated heterocycles. The van der Waals surface area contributed by atoms with Crippen LogP contribution in [0.1, 0.15) is 29.8 Å². The summed E-state index contributed by atoms with van der Waals surface area (Å²) in [5.41, 5.74) is 1.75. The van der Waals surface area contributed by atoms with E-state index in [-0.39, 0.29) is 12.2 Å². The van der Waals surface area contributed by atoms with Crippen molar-refractivity contribution in [3.05, 3.63) is 35.6 Å². The van der Waals surface area contributed by atoms with E-state index in [2.05, 4.69) is 15.0 Å². The standard InChI is InChI=1S/C18H17F3N4OS/c19-18(20,21)5-8-25(9-11-1-2-11)17(26)14-10-27-16(24-14)13-4-7-23-15-12(13)3-6-22-15/h3-4,6-7,10-11H,1-2,5,8-9H2,(H,22,23). The fourth-order valence-electron chi connectivity index (χ4n) is 2.95. The average molecular weight is 394 g/mol. The second-order valence-electron chi connectivity index (χ2n) is 6.70. The highest BCUT2D eigenvalue weighted by atomic mass is 32.1. The zero-order chi connectivity index (χ0) is 19.0. The summed E-state index contributed by atoms with van der Waals surface area (Å²) >= 11 is 1.30. The minimum Gasteiger partial charge on any atom is -0.346 e. The molecule has 0 radical (unpaired) electrons. The van der Waals surface area contributed by atoms with Crippen molar-refractivity contribution in [3.8, 4) is 10.6 Å². The number of hydrogen-bond donors (Lipinski definition) is 1. The third-order valence-electron chi connectivity index (χ3n) is 4.54. The number of halogens is 3. The Kier molecular flexibility index (Phi) is 4.63. The number of thiazole rings is 1. The Morgan fingerprint density at radius 2 is 2.15 bits per heavy atom. The number of H-pyrrole nitrogens is 1. The van der Waals surface area contributed by atoms with Gasteiger partial charge >= 0.3 is 6.18 Å². The van der Waals surface area contributed by atoms with Crippen molar-refractivity contribution in [2.24, 2.45) is 5.92 Å². The van der Waals surface area contributed by atoms with Gasteiger partial charge in [0, 0.05) is 41.8 Å². The zero-order valence-electron chi connectivity index (χ0n) is 14.3. The Morgan fingerprint density at radius 3 is 2.89 bits per heavy atom. The van der Waals surface area contributed by atoms with Crippen molar-refractivity contribution in [2.45, 2.75) is 25.4 Å². The largest absolute Gasteiger partial charge is 0.390 e. The molecule has 27 heavy (non-hydrogen) atoms. The fourth-order valence-corrected chi connectivity index (χ4v) is 3.79. The minimum absolute atomic E-state index is 0.193. The summed E-state index contributed by atoms with van der Waals surface area (Å²) in [7, 11) is 0. The molecule has 3 aromatic rings. The maximum atomic E-state index is 12.8. The van der Waals surface area contributed by atoms with Crippen LogP contribution in [-0.2, 0) is 0 Å². The number of amides is 1. The highest BCUT2D eigenvalue weighted by molar-refractivity contribution is 7.13. The van der Waals surface area contributed by atoms with Gasteiger partial charge in [0.05, 0.1) is 6.42 Å². The number of alkyl halides is 3. The van der Waals surface area contributed by atoms with Crippen LogP contribution in [0.15, 0.2) is 29.9 Å². The molecule has 142 valence electrons. The summed E-state index contributed by atoms with van der Waals surface area (Å²) in [4.78, 5) is 25.7. The molecule has 1 fully saturated rings. The number of hydrogen-bond acceptors (Lipinski definition) is 4. The van der Waals surface area contributed by atoms with E-state index in [1.165, 1.54) is 16.2 Å². The van der Waals surface area contributed by atoms with Gasteiger partial charge in [0.2, 0.25) is 0 Å². The SMILES string of the molecule is O=C(c1csc(-c2ccnc3[nH]ccc23)n1)N(CCC(F)(F)F)CC1CC1. The summed E-state index contributed by atoms with van der Waals surface area (Å²) in [6.07, 6.45) is 0.0549. The maximum absolute atomic E-state index is 12.8. The monoisotopic (exact) mass is 394 g/mol. The molecule has 1 N–H and O–H groups in total. The van der Waals surface area contributed by atoms with Gasteiger partial charge in [-0.2, -0.15) is 13.2 Å². The van der Waals surface area contributed by atoms with E-state index in [4.69, 9.17) is 0 Å². The highest BCUT2D eigenvalue weighted by Crippen LogP contribution is 2.32. The number of aromatic amines is 1. The van der Waals surface area contributed by atoms with Crippen LogP contribution in [0, 0.1) is 5.92 Å². The third-order valence-corrected chi connectivity index (χ3v) is 5.42. The van der Waals surface area contributed by atoms with Crippen LogP contribution >= 0.6 is 11.3 Å². The van der Waals surface area contributed by atoms with Crippen molar-refractivity contribution >= 4 is 28.3 Å². The molecule has 9 heteroatoms. The number of nitrogens with zero attached hydrogens (tertiary/aromatic N) is 3. The van der Waals surface area contributed by atoms with Crippen LogP contribution in [0.5, 0.6) is 0 Å². The van der Waals surface area contributed by atoms with Crippen molar-refractivity contribution in [1.29, 1.82) is 0 Å². The second kappa shape index (κ2) is 6.95. The molecule has 0 unspecified atom stereocenters. The molecule has 0 bridgehead atoms. The smallest absolute Gasteiger partial charge is 0.346 e. The molecule has 1 amide bonds. The topological polar surface area (TPSA) is 61.9 Å². The van der Waals surface area contributed by atoms with E-state index >= 15 is 0 Å². The molecule has 0 spiro atoms. The Bertz CT molecular complexity index is 961. The lowest BCUT2D eigenvalue weighted by atomic mass is 10.2. The molecule has 3 aromatic heterocycles. The predicted octanol–water partition coefficient (Wildman–Crippen LogP) is 4.49. The van der Waals surface area contributed by atoms with Crippen LogP contribution < -0.4 is 0 Å². The van der Waals surface area contributed by atoms with E-state index in [0.29, 0.717) is 17.5 Å². The molecular weight excluding hydrogens is 377 g/mol. The van der Waals surface area contributed by atoms with Crippen LogP contribution in [0.2, 0.25) is 0 Å². The molecule has 0 aliphatic heterocycles. The van der Waals surface area contributed by atoms with Crippen molar-refractivity contribution < 1.29 is 18.0 Å². The van der Waals surface area contributed by atoms with Gasteiger partial charge in [-0.3, -0.25) is 4.79 Å². The summed E-state index contributed by atoms with van der Waals surface area (Å²) in [5, 5.41) is 3.15. The third kappa shape index (κ3) is 4.13. The quantitative estimate of drug-likeness (QED) is 0.670. The summed E-state index contributed by atoms with van der Waals surface area (Å²) < 4.78 is 37.9. The summed E-state index contributed by atoms with van der Waals surface area (Å²) in [5.74, 6) is -0.131. The molecule has 1 aliphatic carbocycles. The first-order valence-electron chi connectivity index (χ1n) is 8.65. The molecule has 3 heterocycles. The second-order valence-corrected chi connectivity index (χ2v) is 7.55. The number of nitrogens with one attached hydrogen (secondary N) is 1. The summed E-state index contributed by atoms with van der Waals surface area (Å²) in [6, 6.07) is 3.69. The Hall–Kier alpha value is -2.42. The van der Waals surface area contributed by atoms with E-state index < -0.39 is 18.5 Å². The first kappa shape index (κ1) is 18.0.